The average molecular weight is 430 g/mol. The molecular formula is C27H43NO3. The van der Waals surface area contributed by atoms with Crippen molar-refractivity contribution in [2.45, 2.75) is 96.3 Å². The van der Waals surface area contributed by atoms with Crippen molar-refractivity contribution >= 4 is 5.78 Å². The molecule has 2 heterocycles. The van der Waals surface area contributed by atoms with Gasteiger partial charge in [0, 0.05) is 31.5 Å². The monoisotopic (exact) mass is 429 g/mol. The topological polar surface area (TPSA) is 60.8 Å². The number of Topliss-reactive ketones (excluding diaryl/α,β-unsaturated/α-hetero) is 1. The first-order valence-electron chi connectivity index (χ1n) is 13.4. The number of hydrogen-bond donors (Lipinski definition) is 2. The lowest BCUT2D eigenvalue weighted by Crippen LogP contribution is -2.67. The highest BCUT2D eigenvalue weighted by atomic mass is 16.3. The molecule has 0 unspecified atom stereocenters. The summed E-state index contributed by atoms with van der Waals surface area (Å²) in [6, 6.07) is 0.341. The number of hydrogen-bond acceptors (Lipinski definition) is 4. The summed E-state index contributed by atoms with van der Waals surface area (Å²) in [5.74, 6) is 4.82. The molecule has 4 nitrogen and oxygen atoms in total. The maximum Gasteiger partial charge on any atom is 0.136 e. The van der Waals surface area contributed by atoms with E-state index >= 15 is 0 Å². The molecule has 31 heavy (non-hydrogen) atoms. The smallest absolute Gasteiger partial charge is 0.136 e. The lowest BCUT2D eigenvalue weighted by Gasteiger charge is -2.59. The van der Waals surface area contributed by atoms with Crippen LogP contribution in [-0.4, -0.2) is 51.7 Å². The molecule has 2 saturated heterocycles. The summed E-state index contributed by atoms with van der Waals surface area (Å²) in [7, 11) is 0. The number of carbonyl (C=O) groups excluding carboxylic acids is 1. The Kier molecular flexibility index (Phi) is 4.78. The quantitative estimate of drug-likeness (QED) is 0.613. The minimum absolute atomic E-state index is 0.0789. The third-order valence-corrected chi connectivity index (χ3v) is 11.8. The van der Waals surface area contributed by atoms with E-state index in [9.17, 15) is 15.0 Å². The number of aliphatic hydroxyl groups is 2. The van der Waals surface area contributed by atoms with Crippen molar-refractivity contribution in [3.8, 4) is 0 Å². The number of aliphatic hydroxyl groups excluding tert-OH is 1. The molecule has 6 aliphatic rings. The van der Waals surface area contributed by atoms with E-state index in [2.05, 4.69) is 25.7 Å². The first-order chi connectivity index (χ1) is 14.7. The second kappa shape index (κ2) is 7.03. The molecule has 4 heteroatoms. The van der Waals surface area contributed by atoms with Gasteiger partial charge >= 0.3 is 0 Å². The van der Waals surface area contributed by atoms with Crippen LogP contribution >= 0.6 is 0 Å². The van der Waals surface area contributed by atoms with Crippen LogP contribution in [0.5, 0.6) is 0 Å². The van der Waals surface area contributed by atoms with E-state index in [-0.39, 0.29) is 17.4 Å². The van der Waals surface area contributed by atoms with Crippen molar-refractivity contribution in [1.29, 1.82) is 0 Å². The molecule has 0 radical (unpaired) electrons. The lowest BCUT2D eigenvalue weighted by molar-refractivity contribution is -0.175. The molecule has 4 saturated carbocycles. The normalized spacial score (nSPS) is 59.2. The van der Waals surface area contributed by atoms with Crippen LogP contribution < -0.4 is 0 Å². The van der Waals surface area contributed by atoms with Gasteiger partial charge in [-0.15, -0.1) is 0 Å². The van der Waals surface area contributed by atoms with Crippen LogP contribution in [0.4, 0.5) is 0 Å². The average Bonchev–Trinajstić information content (AvgIpc) is 3.09. The molecular weight excluding hydrogens is 386 g/mol. The molecule has 6 rings (SSSR count). The Morgan fingerprint density at radius 3 is 2.52 bits per heavy atom. The summed E-state index contributed by atoms with van der Waals surface area (Å²) in [6.07, 6.45) is 9.08. The fraction of sp³-hybridized carbons (Fsp3) is 0.963. The van der Waals surface area contributed by atoms with Crippen molar-refractivity contribution in [2.75, 3.05) is 13.1 Å². The van der Waals surface area contributed by atoms with Crippen LogP contribution in [0, 0.1) is 52.8 Å². The minimum Gasteiger partial charge on any atom is -0.393 e. The number of piperidine rings is 2. The number of ketones is 1. The second-order valence-corrected chi connectivity index (χ2v) is 13.2. The van der Waals surface area contributed by atoms with Gasteiger partial charge in [-0.05, 0) is 105 Å². The highest BCUT2D eigenvalue weighted by molar-refractivity contribution is 5.83. The Hall–Kier alpha value is -0.450. The van der Waals surface area contributed by atoms with E-state index < -0.39 is 5.60 Å². The summed E-state index contributed by atoms with van der Waals surface area (Å²) >= 11 is 0. The first-order valence-corrected chi connectivity index (χ1v) is 13.4. The van der Waals surface area contributed by atoms with Crippen LogP contribution in [0.2, 0.25) is 0 Å². The molecule has 0 aromatic rings. The lowest BCUT2D eigenvalue weighted by atomic mass is 9.51. The molecule has 0 amide bonds. The Morgan fingerprint density at radius 1 is 0.903 bits per heavy atom. The zero-order valence-electron chi connectivity index (χ0n) is 19.8. The van der Waals surface area contributed by atoms with Gasteiger partial charge in [0.2, 0.25) is 0 Å². The summed E-state index contributed by atoms with van der Waals surface area (Å²) in [6.45, 7) is 9.23. The van der Waals surface area contributed by atoms with Gasteiger partial charge in [-0.2, -0.15) is 0 Å². The largest absolute Gasteiger partial charge is 0.393 e. The van der Waals surface area contributed by atoms with Crippen molar-refractivity contribution in [1.82, 2.24) is 4.90 Å². The molecule has 0 aromatic carbocycles. The van der Waals surface area contributed by atoms with Gasteiger partial charge in [0.15, 0.2) is 0 Å². The molecule has 0 bridgehead atoms. The number of rotatable bonds is 0. The van der Waals surface area contributed by atoms with E-state index in [0.717, 1.165) is 44.6 Å². The standard InChI is InChI=1S/C27H43NO3/c1-15-4-7-25-27(3,31)21-6-5-17-18(20(21)14-28(25)13-15)11-22-19(17)12-24(30)23-10-16(29)8-9-26(22,23)2/h15-23,25,29,31H,4-14H2,1-3H3/t15-,16-,17+,18+,19-,20-,21+,22-,23+,25-,26-,27+/m0/s1. The number of nitrogens with zero attached hydrogens (tertiary/aromatic N) is 1. The number of fused-ring (bicyclic) bond motifs is 8. The van der Waals surface area contributed by atoms with E-state index in [4.69, 9.17) is 0 Å². The molecule has 6 fully saturated rings. The molecule has 0 aromatic heterocycles. The summed E-state index contributed by atoms with van der Waals surface area (Å²) in [4.78, 5) is 15.9. The van der Waals surface area contributed by atoms with E-state index in [1.165, 1.54) is 25.8 Å². The van der Waals surface area contributed by atoms with E-state index in [1.54, 1.807) is 0 Å². The molecule has 4 aliphatic carbocycles. The molecule has 12 atom stereocenters. The van der Waals surface area contributed by atoms with Crippen LogP contribution in [-0.2, 0) is 4.79 Å². The van der Waals surface area contributed by atoms with Crippen LogP contribution in [0.3, 0.4) is 0 Å². The van der Waals surface area contributed by atoms with Crippen molar-refractivity contribution in [3.63, 3.8) is 0 Å². The zero-order chi connectivity index (χ0) is 21.7. The summed E-state index contributed by atoms with van der Waals surface area (Å²) in [5, 5.41) is 22.1. The molecule has 0 spiro atoms. The third kappa shape index (κ3) is 2.93. The predicted octanol–water partition coefficient (Wildman–Crippen LogP) is 3.89. The fourth-order valence-corrected chi connectivity index (χ4v) is 10.4. The van der Waals surface area contributed by atoms with E-state index in [1.807, 2.05) is 0 Å². The maximum atomic E-state index is 13.2. The minimum atomic E-state index is -0.570. The Balaban J connectivity index is 1.31. The van der Waals surface area contributed by atoms with Gasteiger partial charge in [-0.1, -0.05) is 13.8 Å². The highest BCUT2D eigenvalue weighted by Gasteiger charge is 2.64. The van der Waals surface area contributed by atoms with Gasteiger partial charge in [-0.3, -0.25) is 9.69 Å². The molecule has 2 N–H and O–H groups in total. The second-order valence-electron chi connectivity index (χ2n) is 13.2. The summed E-state index contributed by atoms with van der Waals surface area (Å²) < 4.78 is 0. The van der Waals surface area contributed by atoms with Crippen molar-refractivity contribution < 1.29 is 15.0 Å². The predicted molar refractivity (Wildman–Crippen MR) is 120 cm³/mol. The van der Waals surface area contributed by atoms with Crippen LogP contribution in [0.1, 0.15) is 78.6 Å². The Morgan fingerprint density at radius 2 is 1.71 bits per heavy atom. The number of carbonyl (C=O) groups is 1. The fourth-order valence-electron chi connectivity index (χ4n) is 10.4. The van der Waals surface area contributed by atoms with Crippen LogP contribution in [0.25, 0.3) is 0 Å². The summed E-state index contributed by atoms with van der Waals surface area (Å²) in [5.41, 5.74) is -0.482. The molecule has 174 valence electrons. The van der Waals surface area contributed by atoms with Crippen LogP contribution in [0.15, 0.2) is 0 Å². The van der Waals surface area contributed by atoms with Crippen molar-refractivity contribution in [3.05, 3.63) is 0 Å². The van der Waals surface area contributed by atoms with Crippen molar-refractivity contribution in [2.24, 2.45) is 52.8 Å². The van der Waals surface area contributed by atoms with Gasteiger partial charge in [0.1, 0.15) is 5.78 Å². The van der Waals surface area contributed by atoms with E-state index in [0.29, 0.717) is 53.8 Å². The third-order valence-electron chi connectivity index (χ3n) is 11.8. The SMILES string of the molecule is C[C@H]1CC[C@@H]2N(C1)C[C@H]1[C@@H]3C[C@H]4[C@@H](CC(=O)[C@H]5C[C@@H](O)CC[C@]54C)[C@@H]3CC[C@H]1[C@@]2(C)O. The zero-order valence-corrected chi connectivity index (χ0v) is 19.8. The highest BCUT2D eigenvalue weighted by Crippen LogP contribution is 2.66. The van der Waals surface area contributed by atoms with Gasteiger partial charge in [0.25, 0.3) is 0 Å². The Labute approximate surface area is 188 Å². The first kappa shape index (κ1) is 21.1. The van der Waals surface area contributed by atoms with Gasteiger partial charge < -0.3 is 10.2 Å². The Bertz CT molecular complexity index is 751. The van der Waals surface area contributed by atoms with Gasteiger partial charge in [0.05, 0.1) is 11.7 Å². The molecule has 2 aliphatic heterocycles. The maximum absolute atomic E-state index is 13.2. The van der Waals surface area contributed by atoms with Gasteiger partial charge in [-0.25, -0.2) is 0 Å².